The molecule has 0 saturated heterocycles. The van der Waals surface area contributed by atoms with Crippen LogP contribution in [0, 0.1) is 0 Å². The Balaban J connectivity index is 0.00000200. The van der Waals surface area contributed by atoms with Crippen LogP contribution < -0.4 is 11.1 Å². The third-order valence-corrected chi connectivity index (χ3v) is 3.65. The lowest BCUT2D eigenvalue weighted by Gasteiger charge is -2.04. The molecule has 2 aromatic rings. The highest BCUT2D eigenvalue weighted by Crippen LogP contribution is 2.11. The summed E-state index contributed by atoms with van der Waals surface area (Å²) in [5.41, 5.74) is 6.98. The average Bonchev–Trinajstić information content (AvgIpc) is 2.87. The molecule has 0 aliphatic carbocycles. The molecule has 1 aromatic carbocycles. The van der Waals surface area contributed by atoms with Crippen LogP contribution in [0.4, 0.5) is 0 Å². The smallest absolute Gasteiger partial charge is 0.270 e. The van der Waals surface area contributed by atoms with E-state index in [2.05, 4.69) is 10.3 Å². The quantitative estimate of drug-likeness (QED) is 0.884. The zero-order valence-corrected chi connectivity index (χ0v) is 13.0. The first-order valence-corrected chi connectivity index (χ1v) is 7.12. The van der Waals surface area contributed by atoms with E-state index in [1.165, 1.54) is 11.3 Å². The number of nitrogens with one attached hydrogen (secondary N) is 1. The fourth-order valence-corrected chi connectivity index (χ4v) is 2.48. The Kier molecular flexibility index (Phi) is 6.95. The van der Waals surface area contributed by atoms with Crippen LogP contribution >= 0.6 is 35.3 Å². The predicted octanol–water partition coefficient (Wildman–Crippen LogP) is 2.65. The topological polar surface area (TPSA) is 68.0 Å². The second-order valence-corrected chi connectivity index (χ2v) is 5.35. The number of nitrogens with two attached hydrogens (primary N) is 1. The molecule has 0 radical (unpaired) electrons. The van der Waals surface area contributed by atoms with Gasteiger partial charge in [-0.3, -0.25) is 4.79 Å². The molecule has 108 valence electrons. The minimum atomic E-state index is -0.169. The fourth-order valence-electron chi connectivity index (χ4n) is 1.61. The number of carbonyl (C=O) groups excluding carboxylic acids is 1. The van der Waals surface area contributed by atoms with Gasteiger partial charge in [0.1, 0.15) is 10.7 Å². The Morgan fingerprint density at radius 2 is 2.25 bits per heavy atom. The van der Waals surface area contributed by atoms with E-state index in [1.807, 2.05) is 24.3 Å². The molecule has 0 fully saturated rings. The number of rotatable bonds is 5. The molecule has 20 heavy (non-hydrogen) atoms. The number of hydrogen-bond donors (Lipinski definition) is 2. The van der Waals surface area contributed by atoms with Crippen LogP contribution in [-0.4, -0.2) is 17.4 Å². The van der Waals surface area contributed by atoms with Crippen molar-refractivity contribution >= 4 is 41.3 Å². The maximum Gasteiger partial charge on any atom is 0.270 e. The second kappa shape index (κ2) is 8.21. The summed E-state index contributed by atoms with van der Waals surface area (Å²) in [5.74, 6) is -0.169. The lowest BCUT2D eigenvalue weighted by atomic mass is 10.1. The highest BCUT2D eigenvalue weighted by molar-refractivity contribution is 7.09. The van der Waals surface area contributed by atoms with Gasteiger partial charge < -0.3 is 11.1 Å². The van der Waals surface area contributed by atoms with Gasteiger partial charge in [-0.15, -0.1) is 23.7 Å². The van der Waals surface area contributed by atoms with Crippen LogP contribution in [0.2, 0.25) is 5.02 Å². The van der Waals surface area contributed by atoms with Crippen LogP contribution in [0.25, 0.3) is 0 Å². The number of aromatic nitrogens is 1. The summed E-state index contributed by atoms with van der Waals surface area (Å²) >= 11 is 7.29. The van der Waals surface area contributed by atoms with Crippen molar-refractivity contribution in [3.8, 4) is 0 Å². The highest BCUT2D eigenvalue weighted by Gasteiger charge is 2.09. The van der Waals surface area contributed by atoms with Crippen molar-refractivity contribution in [2.45, 2.75) is 13.0 Å². The first-order chi connectivity index (χ1) is 9.19. The zero-order chi connectivity index (χ0) is 13.7. The summed E-state index contributed by atoms with van der Waals surface area (Å²) in [6, 6.07) is 7.59. The number of carbonyl (C=O) groups is 1. The monoisotopic (exact) mass is 331 g/mol. The maximum atomic E-state index is 11.8. The number of amides is 1. The van der Waals surface area contributed by atoms with Crippen molar-refractivity contribution in [2.24, 2.45) is 5.73 Å². The largest absolute Gasteiger partial charge is 0.350 e. The van der Waals surface area contributed by atoms with Gasteiger partial charge in [-0.2, -0.15) is 0 Å². The molecule has 0 aliphatic rings. The Hall–Kier alpha value is -1.14. The van der Waals surface area contributed by atoms with Crippen LogP contribution in [0.15, 0.2) is 29.6 Å². The van der Waals surface area contributed by atoms with Crippen molar-refractivity contribution < 1.29 is 4.79 Å². The van der Waals surface area contributed by atoms with Gasteiger partial charge in [0, 0.05) is 23.5 Å². The molecule has 0 spiro atoms. The van der Waals surface area contributed by atoms with E-state index in [1.54, 1.807) is 5.38 Å². The molecule has 3 N–H and O–H groups in total. The molecule has 1 aromatic heterocycles. The Bertz CT molecular complexity index is 574. The molecule has 0 aliphatic heterocycles. The minimum Gasteiger partial charge on any atom is -0.350 e. The Labute approximate surface area is 132 Å². The number of halogens is 2. The fraction of sp³-hybridized carbons (Fsp3) is 0.231. The molecule has 0 atom stereocenters. The molecule has 1 amide bonds. The van der Waals surface area contributed by atoms with E-state index in [0.29, 0.717) is 23.8 Å². The Morgan fingerprint density at radius 1 is 1.45 bits per heavy atom. The third kappa shape index (κ3) is 4.76. The number of hydrogen-bond acceptors (Lipinski definition) is 4. The molecule has 4 nitrogen and oxygen atoms in total. The van der Waals surface area contributed by atoms with Gasteiger partial charge >= 0.3 is 0 Å². The number of nitrogens with zero attached hydrogens (tertiary/aromatic N) is 1. The number of thiazole rings is 1. The molecule has 7 heteroatoms. The lowest BCUT2D eigenvalue weighted by Crippen LogP contribution is -2.26. The lowest BCUT2D eigenvalue weighted by molar-refractivity contribution is 0.0949. The summed E-state index contributed by atoms with van der Waals surface area (Å²) < 4.78 is 0. The van der Waals surface area contributed by atoms with Gasteiger partial charge in [0.15, 0.2) is 0 Å². The summed E-state index contributed by atoms with van der Waals surface area (Å²) in [6.45, 7) is 0.912. The van der Waals surface area contributed by atoms with Gasteiger partial charge in [0.05, 0.1) is 0 Å². The molecule has 0 saturated carbocycles. The maximum absolute atomic E-state index is 11.8. The summed E-state index contributed by atoms with van der Waals surface area (Å²) in [4.78, 5) is 15.9. The number of benzene rings is 1. The average molecular weight is 332 g/mol. The summed E-state index contributed by atoms with van der Waals surface area (Å²) in [5, 5.41) is 6.01. The second-order valence-electron chi connectivity index (χ2n) is 3.97. The highest BCUT2D eigenvalue weighted by atomic mass is 35.5. The van der Waals surface area contributed by atoms with Crippen molar-refractivity contribution in [3.05, 3.63) is 50.9 Å². The first-order valence-electron chi connectivity index (χ1n) is 5.86. The minimum absolute atomic E-state index is 0. The van der Waals surface area contributed by atoms with E-state index in [4.69, 9.17) is 17.3 Å². The first kappa shape index (κ1) is 16.9. The van der Waals surface area contributed by atoms with Crippen molar-refractivity contribution in [3.63, 3.8) is 0 Å². The van der Waals surface area contributed by atoms with Gasteiger partial charge in [0.2, 0.25) is 0 Å². The summed E-state index contributed by atoms with van der Waals surface area (Å²) in [6.07, 6.45) is 0.736. The van der Waals surface area contributed by atoms with E-state index in [-0.39, 0.29) is 18.3 Å². The van der Waals surface area contributed by atoms with E-state index < -0.39 is 0 Å². The molecule has 2 rings (SSSR count). The summed E-state index contributed by atoms with van der Waals surface area (Å²) in [7, 11) is 0. The molecular weight excluding hydrogens is 317 g/mol. The van der Waals surface area contributed by atoms with Gasteiger partial charge in [0.25, 0.3) is 5.91 Å². The van der Waals surface area contributed by atoms with Crippen LogP contribution in [0.3, 0.4) is 0 Å². The normalized spacial score (nSPS) is 9.90. The molecule has 1 heterocycles. The van der Waals surface area contributed by atoms with Gasteiger partial charge in [-0.25, -0.2) is 4.98 Å². The zero-order valence-electron chi connectivity index (χ0n) is 10.6. The van der Waals surface area contributed by atoms with E-state index in [9.17, 15) is 4.79 Å². The molecule has 0 bridgehead atoms. The van der Waals surface area contributed by atoms with Gasteiger partial charge in [-0.1, -0.05) is 23.7 Å². The van der Waals surface area contributed by atoms with Crippen LogP contribution in [-0.2, 0) is 13.0 Å². The van der Waals surface area contributed by atoms with E-state index in [0.717, 1.165) is 17.0 Å². The van der Waals surface area contributed by atoms with Crippen molar-refractivity contribution in [1.29, 1.82) is 0 Å². The predicted molar refractivity (Wildman–Crippen MR) is 84.7 cm³/mol. The molecular formula is C13H15Cl2N3OS. The SMILES string of the molecule is Cl.NCc1nc(C(=O)NCCc2cccc(Cl)c2)cs1. The molecule has 0 unspecified atom stereocenters. The standard InChI is InChI=1S/C13H14ClN3OS.ClH/c14-10-3-1-2-9(6-10)4-5-16-13(18)11-8-19-12(7-15)17-11;/h1-3,6,8H,4-5,7,15H2,(H,16,18);1H. The van der Waals surface area contributed by atoms with Crippen molar-refractivity contribution in [1.82, 2.24) is 10.3 Å². The van der Waals surface area contributed by atoms with Crippen LogP contribution in [0.5, 0.6) is 0 Å². The van der Waals surface area contributed by atoms with Gasteiger partial charge in [-0.05, 0) is 24.1 Å². The van der Waals surface area contributed by atoms with Crippen LogP contribution in [0.1, 0.15) is 21.1 Å². The van der Waals surface area contributed by atoms with Crippen molar-refractivity contribution in [2.75, 3.05) is 6.54 Å². The Morgan fingerprint density at radius 3 is 2.90 bits per heavy atom. The third-order valence-electron chi connectivity index (χ3n) is 2.55. The van der Waals surface area contributed by atoms with E-state index >= 15 is 0 Å².